The Labute approximate surface area is 152 Å². The number of rotatable bonds is 7. The van der Waals surface area contributed by atoms with Gasteiger partial charge >= 0.3 is 0 Å². The maximum atomic E-state index is 3.82. The standard InChI is InChI=1S/C21H26N4/c1-2-3-4-5-6-7-8-9-10-11-12-13-14-15-16-17-18-19-20-21-22-24-25-23-21/h2-6,9,12,15,18-20H2,1H3,(H,22,23,24,25). The summed E-state index contributed by atoms with van der Waals surface area (Å²) in [6.45, 7) is 2.22. The van der Waals surface area contributed by atoms with Crippen LogP contribution in [0.4, 0.5) is 0 Å². The molecule has 0 aliphatic heterocycles. The Balaban J connectivity index is 1.97. The van der Waals surface area contributed by atoms with Gasteiger partial charge in [-0.25, -0.2) is 5.10 Å². The molecule has 1 rings (SSSR count). The number of aromatic nitrogens is 4. The van der Waals surface area contributed by atoms with Crippen molar-refractivity contribution >= 4 is 0 Å². The second-order valence-corrected chi connectivity index (χ2v) is 5.46. The number of H-pyrrole nitrogens is 1. The van der Waals surface area contributed by atoms with Crippen LogP contribution in [-0.4, -0.2) is 20.6 Å². The molecule has 0 aliphatic carbocycles. The lowest BCUT2D eigenvalue weighted by Gasteiger charge is -1.91. The molecule has 0 saturated heterocycles. The molecule has 0 radical (unpaired) electrons. The Morgan fingerprint density at radius 1 is 0.720 bits per heavy atom. The molecule has 0 unspecified atom stereocenters. The van der Waals surface area contributed by atoms with E-state index in [0.717, 1.165) is 31.5 Å². The SMILES string of the molecule is CCCCCCC#CCC#CCC#CCC#CCCCc1nnn[nH]1. The lowest BCUT2D eigenvalue weighted by atomic mass is 10.1. The van der Waals surface area contributed by atoms with Crippen LogP contribution in [0.2, 0.25) is 0 Å². The topological polar surface area (TPSA) is 54.5 Å². The zero-order valence-electron chi connectivity index (χ0n) is 15.1. The second-order valence-electron chi connectivity index (χ2n) is 5.46. The van der Waals surface area contributed by atoms with Gasteiger partial charge in [-0.2, -0.15) is 0 Å². The predicted molar refractivity (Wildman–Crippen MR) is 101 cm³/mol. The highest BCUT2D eigenvalue weighted by atomic mass is 15.5. The van der Waals surface area contributed by atoms with Crippen molar-refractivity contribution in [2.45, 2.75) is 77.6 Å². The molecule has 0 fully saturated rings. The van der Waals surface area contributed by atoms with Gasteiger partial charge < -0.3 is 0 Å². The van der Waals surface area contributed by atoms with Crippen LogP contribution in [0, 0.1) is 47.4 Å². The highest BCUT2D eigenvalue weighted by Crippen LogP contribution is 2.00. The van der Waals surface area contributed by atoms with Crippen molar-refractivity contribution in [1.29, 1.82) is 0 Å². The van der Waals surface area contributed by atoms with Crippen molar-refractivity contribution in [3.8, 4) is 47.4 Å². The minimum absolute atomic E-state index is 0.596. The van der Waals surface area contributed by atoms with Crippen molar-refractivity contribution in [2.24, 2.45) is 0 Å². The van der Waals surface area contributed by atoms with Crippen LogP contribution in [0.3, 0.4) is 0 Å². The molecule has 0 spiro atoms. The normalized spacial score (nSPS) is 8.68. The molecule has 1 aromatic rings. The smallest absolute Gasteiger partial charge is 0.148 e. The molecule has 1 heterocycles. The van der Waals surface area contributed by atoms with Gasteiger partial charge in [0.1, 0.15) is 5.82 Å². The van der Waals surface area contributed by atoms with Crippen molar-refractivity contribution in [3.63, 3.8) is 0 Å². The summed E-state index contributed by atoms with van der Waals surface area (Å²) in [7, 11) is 0. The highest BCUT2D eigenvalue weighted by molar-refractivity contribution is 5.18. The van der Waals surface area contributed by atoms with Gasteiger partial charge in [-0.1, -0.05) is 61.7 Å². The Morgan fingerprint density at radius 3 is 1.88 bits per heavy atom. The fourth-order valence-corrected chi connectivity index (χ4v) is 1.95. The average Bonchev–Trinajstić information content (AvgIpc) is 3.14. The average molecular weight is 334 g/mol. The van der Waals surface area contributed by atoms with Crippen molar-refractivity contribution < 1.29 is 0 Å². The van der Waals surface area contributed by atoms with E-state index >= 15 is 0 Å². The molecule has 130 valence electrons. The van der Waals surface area contributed by atoms with E-state index in [1.54, 1.807) is 0 Å². The molecule has 1 N–H and O–H groups in total. The van der Waals surface area contributed by atoms with E-state index in [1.807, 2.05) is 0 Å². The van der Waals surface area contributed by atoms with Crippen LogP contribution in [0.5, 0.6) is 0 Å². The zero-order chi connectivity index (χ0) is 17.8. The molecule has 4 heteroatoms. The van der Waals surface area contributed by atoms with Crippen LogP contribution < -0.4 is 0 Å². The molecule has 0 saturated carbocycles. The van der Waals surface area contributed by atoms with Crippen LogP contribution >= 0.6 is 0 Å². The van der Waals surface area contributed by atoms with Gasteiger partial charge in [0, 0.05) is 19.3 Å². The van der Waals surface area contributed by atoms with E-state index in [4.69, 9.17) is 0 Å². The minimum Gasteiger partial charge on any atom is -0.243 e. The molecule has 1 aromatic heterocycles. The number of aryl methyl sites for hydroxylation is 1. The molecular weight excluding hydrogens is 308 g/mol. The number of hydrogen-bond donors (Lipinski definition) is 1. The lowest BCUT2D eigenvalue weighted by Crippen LogP contribution is -1.87. The number of hydrogen-bond acceptors (Lipinski definition) is 3. The fraction of sp³-hybridized carbons (Fsp3) is 0.571. The van der Waals surface area contributed by atoms with Crippen molar-refractivity contribution in [3.05, 3.63) is 5.82 Å². The monoisotopic (exact) mass is 334 g/mol. The highest BCUT2D eigenvalue weighted by Gasteiger charge is 1.94. The number of aromatic amines is 1. The van der Waals surface area contributed by atoms with E-state index in [0.29, 0.717) is 19.3 Å². The van der Waals surface area contributed by atoms with Crippen molar-refractivity contribution in [1.82, 2.24) is 20.6 Å². The van der Waals surface area contributed by atoms with E-state index in [1.165, 1.54) is 25.7 Å². The Hall–Kier alpha value is -2.69. The third-order valence-electron chi connectivity index (χ3n) is 3.29. The molecule has 0 atom stereocenters. The lowest BCUT2D eigenvalue weighted by molar-refractivity contribution is 0.679. The summed E-state index contributed by atoms with van der Waals surface area (Å²) < 4.78 is 0. The molecular formula is C21H26N4. The molecule has 0 aromatic carbocycles. The molecule has 0 aliphatic rings. The number of unbranched alkanes of at least 4 members (excludes halogenated alkanes) is 5. The largest absolute Gasteiger partial charge is 0.243 e. The summed E-state index contributed by atoms with van der Waals surface area (Å²) in [5.41, 5.74) is 0. The maximum Gasteiger partial charge on any atom is 0.148 e. The summed E-state index contributed by atoms with van der Waals surface area (Å²) in [5.74, 6) is 25.3. The maximum absolute atomic E-state index is 3.82. The third-order valence-corrected chi connectivity index (χ3v) is 3.29. The van der Waals surface area contributed by atoms with E-state index < -0.39 is 0 Å². The van der Waals surface area contributed by atoms with Crippen LogP contribution in [0.25, 0.3) is 0 Å². The summed E-state index contributed by atoms with van der Waals surface area (Å²) in [6.07, 6.45) is 10.5. The third kappa shape index (κ3) is 13.4. The van der Waals surface area contributed by atoms with Gasteiger partial charge in [0.25, 0.3) is 0 Å². The van der Waals surface area contributed by atoms with E-state index in [-0.39, 0.29) is 0 Å². The first-order valence-electron chi connectivity index (χ1n) is 8.99. The summed E-state index contributed by atoms with van der Waals surface area (Å²) in [5, 5.41) is 13.6. The van der Waals surface area contributed by atoms with Gasteiger partial charge in [-0.15, -0.1) is 16.9 Å². The number of nitrogens with zero attached hydrogens (tertiary/aromatic N) is 3. The van der Waals surface area contributed by atoms with Gasteiger partial charge in [0.2, 0.25) is 0 Å². The van der Waals surface area contributed by atoms with Crippen LogP contribution in [0.1, 0.15) is 77.0 Å². The Bertz CT molecular complexity index is 688. The van der Waals surface area contributed by atoms with Crippen LogP contribution in [0.15, 0.2) is 0 Å². The first-order chi connectivity index (χ1) is 12.4. The minimum atomic E-state index is 0.596. The molecule has 25 heavy (non-hydrogen) atoms. The summed E-state index contributed by atoms with van der Waals surface area (Å²) in [4.78, 5) is 0. The Kier molecular flexibility index (Phi) is 13.2. The number of tetrazole rings is 1. The van der Waals surface area contributed by atoms with Gasteiger partial charge in [0.05, 0.1) is 19.3 Å². The Morgan fingerprint density at radius 2 is 1.32 bits per heavy atom. The van der Waals surface area contributed by atoms with E-state index in [2.05, 4.69) is 74.9 Å². The molecule has 0 amide bonds. The van der Waals surface area contributed by atoms with Gasteiger partial charge in [0.15, 0.2) is 0 Å². The quantitative estimate of drug-likeness (QED) is 0.611. The first kappa shape index (κ1) is 20.4. The second kappa shape index (κ2) is 16.2. The first-order valence-corrected chi connectivity index (χ1v) is 8.99. The summed E-state index contributed by atoms with van der Waals surface area (Å²) in [6, 6.07) is 0. The predicted octanol–water partition coefficient (Wildman–Crippen LogP) is 3.68. The van der Waals surface area contributed by atoms with E-state index in [9.17, 15) is 0 Å². The number of nitrogens with one attached hydrogen (secondary N) is 1. The molecule has 4 nitrogen and oxygen atoms in total. The van der Waals surface area contributed by atoms with Crippen molar-refractivity contribution in [2.75, 3.05) is 0 Å². The summed E-state index contributed by atoms with van der Waals surface area (Å²) >= 11 is 0. The fourth-order valence-electron chi connectivity index (χ4n) is 1.95. The zero-order valence-corrected chi connectivity index (χ0v) is 15.1. The van der Waals surface area contributed by atoms with Crippen LogP contribution in [-0.2, 0) is 6.42 Å². The van der Waals surface area contributed by atoms with Gasteiger partial charge in [-0.05, 0) is 23.3 Å². The van der Waals surface area contributed by atoms with Gasteiger partial charge in [-0.3, -0.25) is 0 Å². The molecule has 0 bridgehead atoms.